The Labute approximate surface area is 360 Å². The first-order chi connectivity index (χ1) is 29.0. The molecule has 0 saturated carbocycles. The van der Waals surface area contributed by atoms with E-state index in [-0.39, 0.29) is 63.8 Å². The minimum Gasteiger partial charge on any atom is -0.399 e. The number of likely N-dealkylation sites (tertiary alicyclic amines) is 1. The molecule has 0 aromatic heterocycles. The Morgan fingerprint density at radius 1 is 0.717 bits per heavy atom. The van der Waals surface area contributed by atoms with Crippen LogP contribution in [0.15, 0.2) is 60.7 Å². The summed E-state index contributed by atoms with van der Waals surface area (Å²) in [5.41, 5.74) is 18.1. The fourth-order valence-electron chi connectivity index (χ4n) is 8.46. The largest absolute Gasteiger partial charge is 0.399 e. The molecule has 2 aliphatic carbocycles. The van der Waals surface area contributed by atoms with Gasteiger partial charge in [0.05, 0.1) is 6.54 Å². The number of benzene rings is 4. The molecule has 2 heterocycles. The standard InChI is InChI=1S/C22H22F3N3O2.C14H16FNO.C7H8F2N2.CH3I/c23-14-2-1-13-10-22(11-20(29)16(13)7-14)3-5-28(6-4-22)21(30)27-12-17-18(24)8-15(26)9-19(17)25;15-11-2-1-10-8-14(3-5-16-6-4-14)9-13(17)12(10)7-11;8-6-1-4(11)2-7(9)5(6)3-10;1-2/h1-2,7-9H,3-6,10-12,26H2,(H,27,30);1-2,7,16H,3-6,8-9H2;1-2H,3,10-11H2;1H3/i;;;1D. The van der Waals surface area contributed by atoms with Crippen LogP contribution in [0, 0.1) is 45.7 Å². The van der Waals surface area contributed by atoms with Crippen LogP contribution in [0.1, 0.15) is 82.9 Å². The first kappa shape index (κ1) is 44.9. The lowest BCUT2D eigenvalue weighted by Gasteiger charge is -2.44. The molecule has 8 rings (SSSR count). The summed E-state index contributed by atoms with van der Waals surface area (Å²) < 4.78 is 86.0. The van der Waals surface area contributed by atoms with Crippen LogP contribution in [0.5, 0.6) is 0 Å². The van der Waals surface area contributed by atoms with Gasteiger partial charge in [-0.15, -0.1) is 0 Å². The van der Waals surface area contributed by atoms with E-state index in [1.54, 1.807) is 17.0 Å². The molecule has 2 saturated heterocycles. The highest BCUT2D eigenvalue weighted by molar-refractivity contribution is 14.1. The van der Waals surface area contributed by atoms with E-state index in [0.29, 0.717) is 61.2 Å². The number of halogens is 7. The Kier molecular flexibility index (Phi) is 15.1. The smallest absolute Gasteiger partial charge is 0.317 e. The second kappa shape index (κ2) is 20.3. The molecular formula is C44H49F6IN6O3. The van der Waals surface area contributed by atoms with Gasteiger partial charge in [0.15, 0.2) is 11.6 Å². The molecule has 2 fully saturated rings. The number of carbonyl (C=O) groups is 3. The Bertz CT molecular complexity index is 2190. The molecule has 4 aromatic carbocycles. The molecule has 8 N–H and O–H groups in total. The van der Waals surface area contributed by atoms with E-state index in [9.17, 15) is 40.7 Å². The van der Waals surface area contributed by atoms with E-state index >= 15 is 0 Å². The maximum Gasteiger partial charge on any atom is 0.317 e. The monoisotopic (exact) mass is 951 g/mol. The van der Waals surface area contributed by atoms with Crippen molar-refractivity contribution in [3.63, 3.8) is 0 Å². The number of nitrogen functional groups attached to an aromatic ring is 2. The topological polar surface area (TPSA) is 157 Å². The van der Waals surface area contributed by atoms with E-state index < -0.39 is 35.1 Å². The maximum atomic E-state index is 13.9. The molecule has 0 unspecified atom stereocenters. The van der Waals surface area contributed by atoms with Gasteiger partial charge >= 0.3 is 6.03 Å². The summed E-state index contributed by atoms with van der Waals surface area (Å²) in [5, 5.41) is 5.88. The second-order valence-electron chi connectivity index (χ2n) is 15.7. The number of nitrogens with zero attached hydrogens (tertiary/aromatic N) is 1. The van der Waals surface area contributed by atoms with Crippen LogP contribution in [0.25, 0.3) is 0 Å². The first-order valence-corrected chi connectivity index (χ1v) is 20.9. The van der Waals surface area contributed by atoms with Gasteiger partial charge in [-0.05, 0) is 127 Å². The molecule has 322 valence electrons. The fourth-order valence-corrected chi connectivity index (χ4v) is 8.46. The van der Waals surface area contributed by atoms with E-state index in [2.05, 4.69) is 10.6 Å². The van der Waals surface area contributed by atoms with Gasteiger partial charge in [-0.3, -0.25) is 9.59 Å². The van der Waals surface area contributed by atoms with E-state index in [4.69, 9.17) is 18.6 Å². The third kappa shape index (κ3) is 11.2. The molecular weight excluding hydrogens is 901 g/mol. The summed E-state index contributed by atoms with van der Waals surface area (Å²) in [6, 6.07) is 12.7. The Hall–Kier alpha value is -4.68. The van der Waals surface area contributed by atoms with Crippen LogP contribution in [0.2, 0.25) is 0 Å². The zero-order chi connectivity index (χ0) is 44.5. The highest BCUT2D eigenvalue weighted by Gasteiger charge is 2.42. The van der Waals surface area contributed by atoms with Crippen molar-refractivity contribution in [2.45, 2.75) is 64.5 Å². The number of nitrogens with two attached hydrogens (primary N) is 3. The molecule has 0 radical (unpaired) electrons. The number of amides is 2. The highest BCUT2D eigenvalue weighted by Crippen LogP contribution is 2.44. The van der Waals surface area contributed by atoms with E-state index in [1.165, 1.54) is 24.3 Å². The number of piperidine rings is 2. The Morgan fingerprint density at radius 3 is 1.57 bits per heavy atom. The Balaban J connectivity index is 0.000000190. The van der Waals surface area contributed by atoms with Gasteiger partial charge in [0, 0.05) is 67.5 Å². The number of nitrogens with one attached hydrogen (secondary N) is 2. The van der Waals surface area contributed by atoms with Gasteiger partial charge in [0.2, 0.25) is 0 Å². The molecule has 4 aliphatic rings. The van der Waals surface area contributed by atoms with E-state index in [1.807, 2.05) is 22.6 Å². The average molecular weight is 952 g/mol. The number of carbonyl (C=O) groups excluding carboxylic acids is 3. The summed E-state index contributed by atoms with van der Waals surface area (Å²) >= 11 is 1.96. The van der Waals surface area contributed by atoms with Crippen molar-refractivity contribution in [3.05, 3.63) is 129 Å². The number of rotatable bonds is 3. The van der Waals surface area contributed by atoms with Gasteiger partial charge in [0.1, 0.15) is 34.9 Å². The average Bonchev–Trinajstić information content (AvgIpc) is 3.19. The number of Topliss-reactive ketones (excluding diaryl/α,β-unsaturated/α-hetero) is 2. The van der Waals surface area contributed by atoms with Gasteiger partial charge in [-0.25, -0.2) is 31.1 Å². The van der Waals surface area contributed by atoms with Gasteiger partial charge < -0.3 is 32.7 Å². The fraction of sp³-hybridized carbons (Fsp3) is 0.386. The number of urea groups is 1. The van der Waals surface area contributed by atoms with Crippen molar-refractivity contribution in [1.29, 1.82) is 0 Å². The molecule has 4 aromatic rings. The zero-order valence-corrected chi connectivity index (χ0v) is 35.1. The van der Waals surface area contributed by atoms with Crippen LogP contribution in [-0.4, -0.2) is 53.6 Å². The van der Waals surface area contributed by atoms with Gasteiger partial charge in [-0.2, -0.15) is 0 Å². The lowest BCUT2D eigenvalue weighted by atomic mass is 9.66. The molecule has 2 spiro atoms. The van der Waals surface area contributed by atoms with Crippen LogP contribution >= 0.6 is 22.6 Å². The second-order valence-corrected chi connectivity index (χ2v) is 15.7. The van der Waals surface area contributed by atoms with Crippen molar-refractivity contribution < 1.29 is 42.1 Å². The van der Waals surface area contributed by atoms with Crippen molar-refractivity contribution >= 4 is 51.6 Å². The number of fused-ring (bicyclic) bond motifs is 2. The molecule has 0 atom stereocenters. The zero-order valence-electron chi connectivity index (χ0n) is 33.9. The quantitative estimate of drug-likeness (QED) is 0.0601. The van der Waals surface area contributed by atoms with Crippen LogP contribution in [-0.2, 0) is 25.9 Å². The lowest BCUT2D eigenvalue weighted by molar-refractivity contribution is 0.0734. The molecule has 0 bridgehead atoms. The van der Waals surface area contributed by atoms with Crippen molar-refractivity contribution in [1.82, 2.24) is 15.5 Å². The summed E-state index contributed by atoms with van der Waals surface area (Å²) in [7, 11) is 0. The normalized spacial score (nSPS) is 17.4. The number of anilines is 2. The summed E-state index contributed by atoms with van der Waals surface area (Å²) in [4.78, 5) is 39.2. The van der Waals surface area contributed by atoms with Crippen molar-refractivity contribution in [2.24, 2.45) is 16.6 Å². The van der Waals surface area contributed by atoms with Gasteiger partial charge in [0.25, 0.3) is 0 Å². The number of ketones is 2. The summed E-state index contributed by atoms with van der Waals surface area (Å²) in [6.45, 7) is 2.41. The first-order valence-electron chi connectivity index (χ1n) is 20.1. The highest BCUT2D eigenvalue weighted by atomic mass is 127. The predicted octanol–water partition coefficient (Wildman–Crippen LogP) is 8.19. The molecule has 9 nitrogen and oxygen atoms in total. The predicted molar refractivity (Wildman–Crippen MR) is 227 cm³/mol. The third-order valence-electron chi connectivity index (χ3n) is 11.7. The van der Waals surface area contributed by atoms with Gasteiger partial charge in [-0.1, -0.05) is 34.7 Å². The number of hydrogen-bond donors (Lipinski definition) is 5. The van der Waals surface area contributed by atoms with Crippen molar-refractivity contribution in [2.75, 3.05) is 42.6 Å². The van der Waals surface area contributed by atoms with Crippen LogP contribution in [0.4, 0.5) is 42.5 Å². The SMILES string of the molecule is NCc1c(F)cc(N)cc1F.Nc1cc(F)c(CNC(=O)N2CCC3(CC2)CC(=O)c2cc(F)ccc2C3)c(F)c1.O=C1CC2(CCNCC2)Cc2ccc(F)cc21.[2H]CI. The lowest BCUT2D eigenvalue weighted by Crippen LogP contribution is -2.49. The summed E-state index contributed by atoms with van der Waals surface area (Å²) in [6.07, 6.45) is 5.89. The molecule has 2 amide bonds. The minimum atomic E-state index is -0.804. The molecule has 2 aliphatic heterocycles. The number of hydrogen-bond acceptors (Lipinski definition) is 7. The third-order valence-corrected chi connectivity index (χ3v) is 11.7. The maximum absolute atomic E-state index is 13.9. The molecule has 60 heavy (non-hydrogen) atoms. The van der Waals surface area contributed by atoms with Crippen LogP contribution in [0.3, 0.4) is 0 Å². The minimum absolute atomic E-state index is 0.0206. The molecule has 16 heteroatoms. The van der Waals surface area contributed by atoms with E-state index in [0.717, 1.165) is 67.7 Å². The Morgan fingerprint density at radius 2 is 1.13 bits per heavy atom. The van der Waals surface area contributed by atoms with Crippen LogP contribution < -0.4 is 27.8 Å². The summed E-state index contributed by atoms with van der Waals surface area (Å²) in [5.74, 6) is -3.66. The van der Waals surface area contributed by atoms with Crippen molar-refractivity contribution in [3.8, 4) is 0 Å². The number of alkyl halides is 1.